The van der Waals surface area contributed by atoms with Crippen LogP contribution in [0.3, 0.4) is 0 Å². The molecular formula is C41H15BF20N2O. The molecule has 0 aliphatic carbocycles. The fourth-order valence-corrected chi connectivity index (χ4v) is 7.26. The molecule has 0 aliphatic rings. The first-order valence-corrected chi connectivity index (χ1v) is 17.4. The van der Waals surface area contributed by atoms with Crippen LogP contribution in [0, 0.1) is 116 Å². The fourth-order valence-electron chi connectivity index (χ4n) is 7.26. The van der Waals surface area contributed by atoms with Gasteiger partial charge in [-0.25, -0.2) is 87.8 Å². The Morgan fingerprint density at radius 3 is 0.969 bits per heavy atom. The molecule has 65 heavy (non-hydrogen) atoms. The highest BCUT2D eigenvalue weighted by Gasteiger charge is 2.52. The molecule has 0 unspecified atom stereocenters. The Morgan fingerprint density at radius 2 is 0.662 bits per heavy atom. The Bertz CT molecular complexity index is 2730. The number of amides is 1. The maximum atomic E-state index is 15.4. The van der Waals surface area contributed by atoms with Crippen molar-refractivity contribution in [1.29, 1.82) is 0 Å². The predicted octanol–water partition coefficient (Wildman–Crippen LogP) is 8.12. The first-order valence-electron chi connectivity index (χ1n) is 17.4. The van der Waals surface area contributed by atoms with Gasteiger partial charge in [-0.2, -0.15) is 4.57 Å². The monoisotopic (exact) mass is 942 g/mol. The molecule has 0 bridgehead atoms. The van der Waals surface area contributed by atoms with Crippen LogP contribution in [0.15, 0.2) is 67.0 Å². The van der Waals surface area contributed by atoms with E-state index in [0.717, 1.165) is 10.8 Å². The van der Waals surface area contributed by atoms with Gasteiger partial charge >= 0.3 is 0 Å². The lowest BCUT2D eigenvalue weighted by molar-refractivity contribution is -0.687. The van der Waals surface area contributed by atoms with Crippen molar-refractivity contribution in [3.05, 3.63) is 194 Å². The molecule has 338 valence electrons. The third-order valence-corrected chi connectivity index (χ3v) is 10.0. The van der Waals surface area contributed by atoms with Crippen molar-refractivity contribution < 1.29 is 97.2 Å². The van der Waals surface area contributed by atoms with Crippen LogP contribution >= 0.6 is 0 Å². The first kappa shape index (κ1) is 47.3. The molecule has 0 atom stereocenters. The Morgan fingerprint density at radius 1 is 0.385 bits per heavy atom. The number of aromatic nitrogens is 1. The van der Waals surface area contributed by atoms with E-state index >= 15 is 35.1 Å². The standard InChI is InChI=1S/C24BF20.C17H14N2O/c26-5-1(6(27)14(35)21(42)13(5)34)25(2-7(28)15(36)22(43)16(37)8(2)29,3-9(30)17(38)23(44)18(39)10(3)31)4-11(32)19(40)24(45)20(41)12(4)33;18-17(20)16-12-19(10-13-6-2-1-3-7-13)11-14-8-4-5-9-15(14)16/h;1-9,11-12H,10H2,(H-,18,20)/q-1;/p+1. The lowest BCUT2D eigenvalue weighted by Crippen LogP contribution is -2.81. The maximum Gasteiger partial charge on any atom is 0.255 e. The topological polar surface area (TPSA) is 47.0 Å². The number of rotatable bonds is 7. The summed E-state index contributed by atoms with van der Waals surface area (Å²) in [5.74, 6) is -71.8. The largest absolute Gasteiger partial charge is 0.365 e. The number of hydrogen-bond acceptors (Lipinski definition) is 1. The number of carbonyl (C=O) groups excluding carboxylic acids is 1. The van der Waals surface area contributed by atoms with Crippen molar-refractivity contribution in [3.63, 3.8) is 0 Å². The van der Waals surface area contributed by atoms with Gasteiger partial charge < -0.3 is 5.73 Å². The summed E-state index contributed by atoms with van der Waals surface area (Å²) in [5.41, 5.74) is -7.10. The zero-order valence-corrected chi connectivity index (χ0v) is 31.1. The second-order valence-corrected chi connectivity index (χ2v) is 13.6. The van der Waals surface area contributed by atoms with E-state index in [9.17, 15) is 57.5 Å². The Balaban J connectivity index is 0.000000289. The van der Waals surface area contributed by atoms with Crippen LogP contribution < -0.4 is 32.2 Å². The summed E-state index contributed by atoms with van der Waals surface area (Å²) >= 11 is 0. The molecule has 0 radical (unpaired) electrons. The normalized spacial score (nSPS) is 11.6. The summed E-state index contributed by atoms with van der Waals surface area (Å²) in [7, 11) is 0. The quantitative estimate of drug-likeness (QED) is 0.0568. The predicted molar refractivity (Wildman–Crippen MR) is 187 cm³/mol. The van der Waals surface area contributed by atoms with Gasteiger partial charge in [0.2, 0.25) is 0 Å². The third kappa shape index (κ3) is 7.42. The molecule has 0 spiro atoms. The van der Waals surface area contributed by atoms with Crippen LogP contribution in [0.5, 0.6) is 0 Å². The van der Waals surface area contributed by atoms with Crippen LogP contribution in [0.1, 0.15) is 15.9 Å². The van der Waals surface area contributed by atoms with Crippen molar-refractivity contribution in [2.75, 3.05) is 0 Å². The van der Waals surface area contributed by atoms with Crippen molar-refractivity contribution in [1.82, 2.24) is 0 Å². The van der Waals surface area contributed by atoms with E-state index in [1.165, 1.54) is 5.56 Å². The highest BCUT2D eigenvalue weighted by Crippen LogP contribution is 2.31. The molecule has 24 heteroatoms. The van der Waals surface area contributed by atoms with Crippen LogP contribution in [0.4, 0.5) is 87.8 Å². The Labute approximate surface area is 348 Å². The highest BCUT2D eigenvalue weighted by molar-refractivity contribution is 7.20. The van der Waals surface area contributed by atoms with Gasteiger partial charge in [0, 0.05) is 16.3 Å². The molecule has 1 heterocycles. The molecule has 0 saturated heterocycles. The molecule has 0 aliphatic heterocycles. The summed E-state index contributed by atoms with van der Waals surface area (Å²) in [5, 5.41) is 1.91. The average molecular weight is 942 g/mol. The van der Waals surface area contributed by atoms with Crippen LogP contribution in [-0.4, -0.2) is 12.1 Å². The van der Waals surface area contributed by atoms with Gasteiger partial charge in [0.05, 0.1) is 0 Å². The minimum atomic E-state index is -7.22. The van der Waals surface area contributed by atoms with E-state index in [4.69, 9.17) is 5.73 Å². The molecule has 7 rings (SSSR count). The smallest absolute Gasteiger partial charge is 0.255 e. The lowest BCUT2D eigenvalue weighted by atomic mass is 9.12. The molecule has 6 aromatic carbocycles. The summed E-state index contributed by atoms with van der Waals surface area (Å²) in [4.78, 5) is 11.6. The van der Waals surface area contributed by atoms with Crippen LogP contribution in [0.25, 0.3) is 10.8 Å². The summed E-state index contributed by atoms with van der Waals surface area (Å²) in [6, 6.07) is 17.9. The van der Waals surface area contributed by atoms with Crippen LogP contribution in [0.2, 0.25) is 0 Å². The molecular weight excluding hydrogens is 927 g/mol. The number of fused-ring (bicyclic) bond motifs is 1. The van der Waals surface area contributed by atoms with Gasteiger partial charge in [0.15, 0.2) is 88.7 Å². The molecule has 2 N–H and O–H groups in total. The average Bonchev–Trinajstić information content (AvgIpc) is 3.29. The second kappa shape index (κ2) is 17.4. The molecule has 0 fully saturated rings. The van der Waals surface area contributed by atoms with E-state index in [2.05, 4.69) is 12.1 Å². The van der Waals surface area contributed by atoms with E-state index in [-0.39, 0.29) is 0 Å². The number of halogens is 20. The van der Waals surface area contributed by atoms with Gasteiger partial charge in [-0.3, -0.25) is 4.79 Å². The lowest BCUT2D eigenvalue weighted by Gasteiger charge is -2.44. The second-order valence-electron chi connectivity index (χ2n) is 13.6. The van der Waals surface area contributed by atoms with E-state index in [0.29, 0.717) is 12.1 Å². The van der Waals surface area contributed by atoms with Crippen molar-refractivity contribution >= 4 is 44.7 Å². The molecule has 3 nitrogen and oxygen atoms in total. The minimum Gasteiger partial charge on any atom is -0.365 e. The summed E-state index contributed by atoms with van der Waals surface area (Å²) in [6.45, 7) is 0.714. The number of carbonyl (C=O) groups is 1. The van der Waals surface area contributed by atoms with Gasteiger partial charge in [-0.1, -0.05) is 48.5 Å². The van der Waals surface area contributed by atoms with E-state index in [1.54, 1.807) is 0 Å². The van der Waals surface area contributed by atoms with Gasteiger partial charge in [0.25, 0.3) is 5.91 Å². The van der Waals surface area contributed by atoms with Gasteiger partial charge in [0.1, 0.15) is 58.2 Å². The van der Waals surface area contributed by atoms with Gasteiger partial charge in [-0.15, -0.1) is 21.9 Å². The number of hydrogen-bond donors (Lipinski definition) is 1. The number of pyridine rings is 1. The molecule has 1 amide bonds. The van der Waals surface area contributed by atoms with E-state index < -0.39 is 150 Å². The van der Waals surface area contributed by atoms with Crippen LogP contribution in [-0.2, 0) is 6.54 Å². The molecule has 7 aromatic rings. The number of nitrogens with two attached hydrogens (primary N) is 1. The third-order valence-electron chi connectivity index (χ3n) is 10.0. The highest BCUT2D eigenvalue weighted by atomic mass is 19.2. The van der Waals surface area contributed by atoms with E-state index in [1.807, 2.05) is 59.4 Å². The molecule has 0 saturated carbocycles. The Kier molecular flexibility index (Phi) is 12.7. The van der Waals surface area contributed by atoms with Gasteiger partial charge in [-0.05, 0) is 6.07 Å². The zero-order valence-electron chi connectivity index (χ0n) is 31.1. The van der Waals surface area contributed by atoms with Crippen molar-refractivity contribution in [2.45, 2.75) is 6.54 Å². The number of benzene rings is 6. The first-order chi connectivity index (χ1) is 30.4. The molecule has 1 aromatic heterocycles. The number of nitrogens with zero attached hydrogens (tertiary/aromatic N) is 1. The minimum absolute atomic E-state index is 0.399. The Hall–Kier alpha value is -7.14. The summed E-state index contributed by atoms with van der Waals surface area (Å²) in [6.07, 6.45) is -3.36. The fraction of sp³-hybridized carbons (Fsp3) is 0.0244. The maximum absolute atomic E-state index is 15.4. The summed E-state index contributed by atoms with van der Waals surface area (Å²) < 4.78 is 296. The van der Waals surface area contributed by atoms with Crippen molar-refractivity contribution in [3.8, 4) is 0 Å². The van der Waals surface area contributed by atoms with Crippen molar-refractivity contribution in [2.24, 2.45) is 5.73 Å². The SMILES string of the molecule is Fc1c(F)c(F)c([B-](c2c(F)c(F)c(F)c(F)c2F)(c2c(F)c(F)c(F)c(F)c2F)c2c(F)c(F)c(F)c(F)c2F)c(F)c1F.NC(=O)c1c[n+](Cc2ccccc2)cc2ccccc12. The zero-order chi connectivity index (χ0) is 48.3. The number of primary amides is 1.